The van der Waals surface area contributed by atoms with E-state index >= 15 is 0 Å². The molecule has 0 saturated carbocycles. The Morgan fingerprint density at radius 2 is 1.97 bits per heavy atom. The first-order valence-electron chi connectivity index (χ1n) is 11.2. The van der Waals surface area contributed by atoms with Crippen LogP contribution in [0, 0.1) is 12.7 Å². The molecule has 4 aromatic rings. The van der Waals surface area contributed by atoms with Crippen molar-refractivity contribution < 1.29 is 13.9 Å². The lowest BCUT2D eigenvalue weighted by Gasteiger charge is -2.33. The Morgan fingerprint density at radius 1 is 1.12 bits per heavy atom. The summed E-state index contributed by atoms with van der Waals surface area (Å²) in [5.41, 5.74) is 4.06. The molecule has 34 heavy (non-hydrogen) atoms. The van der Waals surface area contributed by atoms with Gasteiger partial charge in [0.05, 0.1) is 12.4 Å². The van der Waals surface area contributed by atoms with Crippen molar-refractivity contribution in [1.29, 1.82) is 0 Å². The van der Waals surface area contributed by atoms with E-state index in [0.29, 0.717) is 24.4 Å². The Hall–Kier alpha value is -4.07. The Bertz CT molecular complexity index is 1290. The van der Waals surface area contributed by atoms with Crippen LogP contribution < -0.4 is 4.74 Å². The second kappa shape index (κ2) is 9.43. The van der Waals surface area contributed by atoms with Gasteiger partial charge in [0.25, 0.3) is 5.91 Å². The van der Waals surface area contributed by atoms with Gasteiger partial charge in [-0.05, 0) is 61.7 Å². The van der Waals surface area contributed by atoms with Gasteiger partial charge in [-0.2, -0.15) is 5.10 Å². The Morgan fingerprint density at radius 3 is 2.76 bits per heavy atom. The molecule has 1 N–H and O–H groups in total. The maximum atomic E-state index is 13.5. The molecule has 1 atom stereocenters. The number of likely N-dealkylation sites (tertiary alicyclic amines) is 1. The van der Waals surface area contributed by atoms with Crippen LogP contribution in [0.15, 0.2) is 67.1 Å². The van der Waals surface area contributed by atoms with Gasteiger partial charge in [-0.1, -0.05) is 12.1 Å². The average molecular weight is 458 g/mol. The summed E-state index contributed by atoms with van der Waals surface area (Å²) in [6.45, 7) is 3.08. The molecule has 7 nitrogen and oxygen atoms in total. The number of pyridine rings is 2. The number of nitrogens with one attached hydrogen (secondary N) is 1. The minimum Gasteiger partial charge on any atom is -0.437 e. The quantitative estimate of drug-likeness (QED) is 0.449. The summed E-state index contributed by atoms with van der Waals surface area (Å²) >= 11 is 0. The molecule has 8 heteroatoms. The number of aromatic amines is 1. The molecule has 0 aliphatic carbocycles. The number of carbonyl (C=O) groups is 1. The van der Waals surface area contributed by atoms with Crippen molar-refractivity contribution in [1.82, 2.24) is 25.1 Å². The molecule has 0 radical (unpaired) electrons. The zero-order valence-corrected chi connectivity index (χ0v) is 18.7. The first kappa shape index (κ1) is 21.8. The molecule has 1 aromatic carbocycles. The Kier molecular flexibility index (Phi) is 6.03. The number of aryl methyl sites for hydroxylation is 1. The van der Waals surface area contributed by atoms with Crippen molar-refractivity contribution in [3.8, 4) is 22.8 Å². The fourth-order valence-electron chi connectivity index (χ4n) is 4.30. The number of halogens is 1. The molecule has 1 unspecified atom stereocenters. The van der Waals surface area contributed by atoms with Gasteiger partial charge in [-0.25, -0.2) is 9.37 Å². The van der Waals surface area contributed by atoms with Crippen LogP contribution in [0.25, 0.3) is 11.1 Å². The summed E-state index contributed by atoms with van der Waals surface area (Å²) in [5, 5.41) is 7.34. The third-order valence-corrected chi connectivity index (χ3v) is 6.04. The molecule has 1 saturated heterocycles. The summed E-state index contributed by atoms with van der Waals surface area (Å²) in [4.78, 5) is 23.9. The van der Waals surface area contributed by atoms with E-state index in [1.807, 2.05) is 17.9 Å². The van der Waals surface area contributed by atoms with E-state index in [4.69, 9.17) is 4.74 Å². The first-order chi connectivity index (χ1) is 16.6. The molecule has 172 valence electrons. The second-order valence-electron chi connectivity index (χ2n) is 8.39. The van der Waals surface area contributed by atoms with Crippen molar-refractivity contribution in [2.45, 2.75) is 25.7 Å². The molecule has 1 amide bonds. The molecule has 3 aromatic heterocycles. The third-order valence-electron chi connectivity index (χ3n) is 6.04. The van der Waals surface area contributed by atoms with Crippen LogP contribution in [0.3, 0.4) is 0 Å². The number of benzene rings is 1. The Labute approximate surface area is 196 Å². The van der Waals surface area contributed by atoms with Crippen LogP contribution in [0.4, 0.5) is 4.39 Å². The predicted molar refractivity (Wildman–Crippen MR) is 125 cm³/mol. The van der Waals surface area contributed by atoms with Crippen molar-refractivity contribution in [2.24, 2.45) is 0 Å². The molecular formula is C26H24FN5O2. The number of H-pyrrole nitrogens is 1. The highest BCUT2D eigenvalue weighted by Gasteiger charge is 2.30. The van der Waals surface area contributed by atoms with Gasteiger partial charge in [0.1, 0.15) is 17.1 Å². The predicted octanol–water partition coefficient (Wildman–Crippen LogP) is 5.13. The molecule has 0 bridgehead atoms. The second-order valence-corrected chi connectivity index (χ2v) is 8.39. The number of rotatable bonds is 5. The van der Waals surface area contributed by atoms with Crippen LogP contribution in [0.5, 0.6) is 11.6 Å². The fraction of sp³-hybridized carbons (Fsp3) is 0.231. The number of amides is 1. The van der Waals surface area contributed by atoms with E-state index < -0.39 is 0 Å². The summed E-state index contributed by atoms with van der Waals surface area (Å²) in [6, 6.07) is 13.5. The van der Waals surface area contributed by atoms with E-state index in [1.165, 1.54) is 12.1 Å². The number of ether oxygens (including phenoxy) is 1. The smallest absolute Gasteiger partial charge is 0.259 e. The van der Waals surface area contributed by atoms with Crippen LogP contribution in [-0.2, 0) is 0 Å². The highest BCUT2D eigenvalue weighted by molar-refractivity contribution is 5.96. The molecule has 1 aliphatic rings. The van der Waals surface area contributed by atoms with Gasteiger partial charge < -0.3 is 9.64 Å². The van der Waals surface area contributed by atoms with Crippen molar-refractivity contribution in [3.05, 3.63) is 89.9 Å². The molecular weight excluding hydrogens is 433 g/mol. The van der Waals surface area contributed by atoms with Crippen molar-refractivity contribution in [2.75, 3.05) is 13.1 Å². The molecule has 0 spiro atoms. The number of carbonyl (C=O) groups excluding carboxylic acids is 1. The van der Waals surface area contributed by atoms with Gasteiger partial charge in [0.2, 0.25) is 5.88 Å². The van der Waals surface area contributed by atoms with Gasteiger partial charge in [0, 0.05) is 42.2 Å². The van der Waals surface area contributed by atoms with Crippen molar-refractivity contribution in [3.63, 3.8) is 0 Å². The van der Waals surface area contributed by atoms with E-state index in [0.717, 1.165) is 35.4 Å². The lowest BCUT2D eigenvalue weighted by Crippen LogP contribution is -2.39. The van der Waals surface area contributed by atoms with Crippen LogP contribution in [0.2, 0.25) is 0 Å². The van der Waals surface area contributed by atoms with Gasteiger partial charge >= 0.3 is 0 Å². The number of nitrogens with zero attached hydrogens (tertiary/aromatic N) is 4. The van der Waals surface area contributed by atoms with E-state index in [-0.39, 0.29) is 23.5 Å². The first-order valence-corrected chi connectivity index (χ1v) is 11.2. The van der Waals surface area contributed by atoms with Gasteiger partial charge in [0.15, 0.2) is 0 Å². The minimum atomic E-state index is -0.279. The van der Waals surface area contributed by atoms with Crippen LogP contribution in [0.1, 0.15) is 40.5 Å². The third kappa shape index (κ3) is 4.52. The average Bonchev–Trinajstić information content (AvgIpc) is 3.36. The number of piperidine rings is 1. The summed E-state index contributed by atoms with van der Waals surface area (Å²) in [7, 11) is 0. The van der Waals surface area contributed by atoms with E-state index in [9.17, 15) is 9.18 Å². The zero-order chi connectivity index (χ0) is 23.5. The Balaban J connectivity index is 1.36. The number of hydrogen-bond donors (Lipinski definition) is 1. The van der Waals surface area contributed by atoms with E-state index in [2.05, 4.69) is 20.2 Å². The monoisotopic (exact) mass is 457 g/mol. The molecule has 5 rings (SSSR count). The fourth-order valence-corrected chi connectivity index (χ4v) is 4.30. The summed E-state index contributed by atoms with van der Waals surface area (Å²) in [6.07, 6.45) is 6.75. The molecule has 1 aliphatic heterocycles. The number of aromatic nitrogens is 4. The maximum Gasteiger partial charge on any atom is 0.259 e. The normalized spacial score (nSPS) is 15.8. The standard InChI is InChI=1S/C26H24FN5O2/c1-17-6-11-21(14-29-17)34-25-22(5-2-12-28-25)26(33)32-13-3-4-19(16-32)24-23(15-30-31-24)18-7-9-20(27)10-8-18/h2,5-12,14-15,19H,3-4,13,16H2,1H3,(H,30,31). The van der Waals surface area contributed by atoms with E-state index in [1.54, 1.807) is 48.9 Å². The van der Waals surface area contributed by atoms with Crippen LogP contribution >= 0.6 is 0 Å². The zero-order valence-electron chi connectivity index (χ0n) is 18.7. The molecule has 1 fully saturated rings. The SMILES string of the molecule is Cc1ccc(Oc2ncccc2C(=O)N2CCCC(c3[nH]ncc3-c3ccc(F)cc3)C2)cn1. The highest BCUT2D eigenvalue weighted by atomic mass is 19.1. The van der Waals surface area contributed by atoms with Crippen LogP contribution in [-0.4, -0.2) is 44.1 Å². The maximum absolute atomic E-state index is 13.5. The highest BCUT2D eigenvalue weighted by Crippen LogP contribution is 2.34. The van der Waals surface area contributed by atoms with Gasteiger partial charge in [-0.3, -0.25) is 14.9 Å². The van der Waals surface area contributed by atoms with Gasteiger partial charge in [-0.15, -0.1) is 0 Å². The topological polar surface area (TPSA) is 84.0 Å². The lowest BCUT2D eigenvalue weighted by atomic mass is 9.90. The van der Waals surface area contributed by atoms with Crippen molar-refractivity contribution >= 4 is 5.91 Å². The summed E-state index contributed by atoms with van der Waals surface area (Å²) < 4.78 is 19.3. The summed E-state index contributed by atoms with van der Waals surface area (Å²) in [5.74, 6) is 0.461. The minimum absolute atomic E-state index is 0.0857. The molecule has 4 heterocycles. The lowest BCUT2D eigenvalue weighted by molar-refractivity contribution is 0.0702. The number of hydrogen-bond acceptors (Lipinski definition) is 5. The largest absolute Gasteiger partial charge is 0.437 e.